The molecular weight excluding hydrogens is 390 g/mol. The van der Waals surface area contributed by atoms with E-state index in [0.717, 1.165) is 45.0 Å². The molecule has 0 amide bonds. The third kappa shape index (κ3) is 3.47. The van der Waals surface area contributed by atoms with Gasteiger partial charge in [0.05, 0.1) is 16.4 Å². The highest BCUT2D eigenvalue weighted by Crippen LogP contribution is 2.43. The predicted molar refractivity (Wildman–Crippen MR) is 125 cm³/mol. The molecule has 0 unspecified atom stereocenters. The average molecular weight is 410 g/mol. The van der Waals surface area contributed by atoms with Gasteiger partial charge >= 0.3 is 0 Å². The first-order valence-corrected chi connectivity index (χ1v) is 10.3. The number of para-hydroxylation sites is 2. The van der Waals surface area contributed by atoms with Gasteiger partial charge in [-0.3, -0.25) is 0 Å². The first-order valence-electron chi connectivity index (χ1n) is 9.94. The third-order valence-electron chi connectivity index (χ3n) is 5.25. The molecule has 3 heteroatoms. The molecular formula is C27H20ClNO. The third-order valence-corrected chi connectivity index (χ3v) is 5.69. The molecule has 30 heavy (non-hydrogen) atoms. The number of fused-ring (bicyclic) bond motifs is 1. The molecule has 0 aliphatic heterocycles. The van der Waals surface area contributed by atoms with Gasteiger partial charge in [-0.15, -0.1) is 0 Å². The first kappa shape index (κ1) is 18.5. The van der Waals surface area contributed by atoms with Crippen LogP contribution in [-0.4, -0.2) is 0 Å². The molecule has 0 fully saturated rings. The van der Waals surface area contributed by atoms with Gasteiger partial charge in [0.2, 0.25) is 0 Å². The Morgan fingerprint density at radius 3 is 2.17 bits per heavy atom. The molecule has 4 aromatic carbocycles. The summed E-state index contributed by atoms with van der Waals surface area (Å²) in [6, 6.07) is 34.9. The summed E-state index contributed by atoms with van der Waals surface area (Å²) in [5.74, 6) is 0. The monoisotopic (exact) mass is 409 g/mol. The van der Waals surface area contributed by atoms with E-state index in [9.17, 15) is 0 Å². The van der Waals surface area contributed by atoms with Gasteiger partial charge in [0.15, 0.2) is 0 Å². The molecule has 5 aromatic rings. The van der Waals surface area contributed by atoms with Crippen LogP contribution < -0.4 is 4.90 Å². The van der Waals surface area contributed by atoms with Crippen LogP contribution in [0.4, 0.5) is 17.1 Å². The van der Waals surface area contributed by atoms with Crippen LogP contribution in [0.1, 0.15) is 11.1 Å². The van der Waals surface area contributed by atoms with Crippen molar-refractivity contribution in [3.05, 3.63) is 126 Å². The quantitative estimate of drug-likeness (QED) is 0.291. The second-order valence-corrected chi connectivity index (χ2v) is 7.58. The smallest absolute Gasteiger partial charge is 0.136 e. The minimum absolute atomic E-state index is 0.746. The van der Waals surface area contributed by atoms with Gasteiger partial charge < -0.3 is 9.32 Å². The second-order valence-electron chi connectivity index (χ2n) is 7.20. The Hall–Kier alpha value is -3.49. The van der Waals surface area contributed by atoms with Crippen LogP contribution in [0.15, 0.2) is 114 Å². The van der Waals surface area contributed by atoms with Crippen molar-refractivity contribution in [2.45, 2.75) is 6.42 Å². The lowest BCUT2D eigenvalue weighted by molar-refractivity contribution is 0.616. The zero-order chi connectivity index (χ0) is 20.3. The Bertz CT molecular complexity index is 1280. The van der Waals surface area contributed by atoms with E-state index in [4.69, 9.17) is 16.0 Å². The number of nitrogens with zero attached hydrogens (tertiary/aromatic N) is 1. The number of halogens is 1. The van der Waals surface area contributed by atoms with Gasteiger partial charge in [-0.05, 0) is 47.9 Å². The minimum atomic E-state index is 0.746. The van der Waals surface area contributed by atoms with Crippen LogP contribution in [0.5, 0.6) is 0 Å². The van der Waals surface area contributed by atoms with E-state index in [1.54, 1.807) is 6.26 Å². The molecule has 2 nitrogen and oxygen atoms in total. The summed E-state index contributed by atoms with van der Waals surface area (Å²) in [5.41, 5.74) is 6.11. The van der Waals surface area contributed by atoms with E-state index in [2.05, 4.69) is 65.6 Å². The topological polar surface area (TPSA) is 16.4 Å². The minimum Gasteiger partial charge on any atom is -0.462 e. The fourth-order valence-electron chi connectivity index (χ4n) is 3.81. The van der Waals surface area contributed by atoms with Crippen LogP contribution in [0.2, 0.25) is 5.02 Å². The molecule has 0 N–H and O–H groups in total. The Balaban J connectivity index is 1.66. The molecule has 0 saturated carbocycles. The van der Waals surface area contributed by atoms with Crippen molar-refractivity contribution in [1.29, 1.82) is 0 Å². The number of rotatable bonds is 5. The largest absolute Gasteiger partial charge is 0.462 e. The van der Waals surface area contributed by atoms with E-state index in [1.165, 1.54) is 5.56 Å². The summed E-state index contributed by atoms with van der Waals surface area (Å²) in [4.78, 5) is 2.17. The molecule has 1 heterocycles. The maximum atomic E-state index is 7.00. The maximum absolute atomic E-state index is 7.00. The van der Waals surface area contributed by atoms with Crippen molar-refractivity contribution in [3.63, 3.8) is 0 Å². The lowest BCUT2D eigenvalue weighted by atomic mass is 10.0. The van der Waals surface area contributed by atoms with Crippen molar-refractivity contribution in [1.82, 2.24) is 0 Å². The molecule has 1 aromatic heterocycles. The van der Waals surface area contributed by atoms with Crippen LogP contribution in [0.25, 0.3) is 11.0 Å². The summed E-state index contributed by atoms with van der Waals surface area (Å²) < 4.78 is 5.85. The van der Waals surface area contributed by atoms with Crippen LogP contribution in [0, 0.1) is 0 Å². The summed E-state index contributed by atoms with van der Waals surface area (Å²) in [5, 5.41) is 1.79. The molecule has 0 bridgehead atoms. The standard InChI is InChI=1S/C27H20ClNO/c28-27-21(18-20-10-3-1-4-11-20)12-9-16-24(27)29(22-13-5-2-6-14-22)25-19-30-26-17-8-7-15-23(25)26/h1-17,19H,18H2. The lowest BCUT2D eigenvalue weighted by Crippen LogP contribution is -2.10. The number of furan rings is 1. The second kappa shape index (κ2) is 8.10. The van der Waals surface area contributed by atoms with E-state index >= 15 is 0 Å². The van der Waals surface area contributed by atoms with Gasteiger partial charge in [0, 0.05) is 11.1 Å². The van der Waals surface area contributed by atoms with Crippen molar-refractivity contribution in [3.8, 4) is 0 Å². The Labute approximate surface area is 181 Å². The molecule has 0 radical (unpaired) electrons. The molecule has 5 rings (SSSR count). The SMILES string of the molecule is Clc1c(Cc2ccccc2)cccc1N(c1ccccc1)c1coc2ccccc12. The molecule has 0 aliphatic rings. The lowest BCUT2D eigenvalue weighted by Gasteiger charge is -2.26. The van der Waals surface area contributed by atoms with Gasteiger partial charge in [0.25, 0.3) is 0 Å². The molecule has 0 spiro atoms. The molecule has 0 atom stereocenters. The number of anilines is 3. The van der Waals surface area contributed by atoms with Crippen molar-refractivity contribution in [2.24, 2.45) is 0 Å². The molecule has 0 aliphatic carbocycles. The molecule has 0 saturated heterocycles. The molecule has 146 valence electrons. The Morgan fingerprint density at radius 2 is 1.37 bits per heavy atom. The summed E-state index contributed by atoms with van der Waals surface area (Å²) in [7, 11) is 0. The van der Waals surface area contributed by atoms with Crippen LogP contribution in [-0.2, 0) is 6.42 Å². The van der Waals surface area contributed by atoms with Gasteiger partial charge in [-0.1, -0.05) is 84.4 Å². The fourth-order valence-corrected chi connectivity index (χ4v) is 4.09. The van der Waals surface area contributed by atoms with Crippen LogP contribution in [0.3, 0.4) is 0 Å². The summed E-state index contributed by atoms with van der Waals surface area (Å²) >= 11 is 7.00. The predicted octanol–water partition coefficient (Wildman–Crippen LogP) is 8.15. The normalized spacial score (nSPS) is 11.0. The number of hydrogen-bond acceptors (Lipinski definition) is 2. The van der Waals surface area contributed by atoms with E-state index in [0.29, 0.717) is 0 Å². The maximum Gasteiger partial charge on any atom is 0.136 e. The van der Waals surface area contributed by atoms with Crippen molar-refractivity contribution < 1.29 is 4.42 Å². The van der Waals surface area contributed by atoms with Crippen LogP contribution >= 0.6 is 11.6 Å². The number of hydrogen-bond donors (Lipinski definition) is 0. The number of benzene rings is 4. The highest BCUT2D eigenvalue weighted by atomic mass is 35.5. The van der Waals surface area contributed by atoms with E-state index in [1.807, 2.05) is 42.5 Å². The Morgan fingerprint density at radius 1 is 0.667 bits per heavy atom. The average Bonchev–Trinajstić information content (AvgIpc) is 3.22. The zero-order valence-electron chi connectivity index (χ0n) is 16.3. The van der Waals surface area contributed by atoms with E-state index in [-0.39, 0.29) is 0 Å². The van der Waals surface area contributed by atoms with Crippen molar-refractivity contribution in [2.75, 3.05) is 4.90 Å². The zero-order valence-corrected chi connectivity index (χ0v) is 17.1. The van der Waals surface area contributed by atoms with Crippen molar-refractivity contribution >= 4 is 39.6 Å². The fraction of sp³-hybridized carbons (Fsp3) is 0.0370. The van der Waals surface area contributed by atoms with Gasteiger partial charge in [0.1, 0.15) is 11.8 Å². The summed E-state index contributed by atoms with van der Waals surface area (Å²) in [6.45, 7) is 0. The Kier molecular flexibility index (Phi) is 5.00. The summed E-state index contributed by atoms with van der Waals surface area (Å²) in [6.07, 6.45) is 2.58. The highest BCUT2D eigenvalue weighted by molar-refractivity contribution is 6.34. The highest BCUT2D eigenvalue weighted by Gasteiger charge is 2.20. The van der Waals surface area contributed by atoms with Gasteiger partial charge in [-0.25, -0.2) is 0 Å². The first-order chi connectivity index (χ1) is 14.8. The van der Waals surface area contributed by atoms with Gasteiger partial charge in [-0.2, -0.15) is 0 Å². The van der Waals surface area contributed by atoms with E-state index < -0.39 is 0 Å².